The molecule has 0 aliphatic rings. The van der Waals surface area contributed by atoms with Crippen molar-refractivity contribution < 1.29 is 57.3 Å². The van der Waals surface area contributed by atoms with Crippen molar-refractivity contribution in [2.75, 3.05) is 0 Å². The molecule has 3 nitrogen and oxygen atoms in total. The van der Waals surface area contributed by atoms with Crippen LogP contribution in [0, 0.1) is 40.8 Å². The smallest absolute Gasteiger partial charge is 0 e. The van der Waals surface area contributed by atoms with Crippen LogP contribution in [0.25, 0.3) is 0 Å². The van der Waals surface area contributed by atoms with Crippen LogP contribution >= 0.6 is 0 Å². The molecule has 0 fully saturated rings. The zero-order valence-corrected chi connectivity index (χ0v) is 8.05. The number of hydrogen-bond donors (Lipinski definition) is 0. The molecule has 0 atom stereocenters. The SMILES string of the molecule is [Ga].[Nd].[OH-].[OH-].[OH-]. The molecule has 0 amide bonds. The summed E-state index contributed by atoms with van der Waals surface area (Å²) in [5.41, 5.74) is 0. The molecule has 0 aromatic carbocycles. The molecule has 31 valence electrons. The minimum atomic E-state index is 0. The van der Waals surface area contributed by atoms with Crippen LogP contribution in [0.1, 0.15) is 0 Å². The predicted molar refractivity (Wildman–Crippen MR) is 11.6 cm³/mol. The van der Waals surface area contributed by atoms with Crippen molar-refractivity contribution >= 4 is 19.8 Å². The molecule has 0 unspecified atom stereocenters. The van der Waals surface area contributed by atoms with Crippen molar-refractivity contribution in [3.8, 4) is 0 Å². The molecule has 0 bridgehead atoms. The second-order valence-corrected chi connectivity index (χ2v) is 0. The minimum Gasteiger partial charge on any atom is -0.870 e. The van der Waals surface area contributed by atoms with Gasteiger partial charge in [-0.05, 0) is 0 Å². The van der Waals surface area contributed by atoms with Crippen molar-refractivity contribution in [3.63, 3.8) is 0 Å². The maximum Gasteiger partial charge on any atom is 0 e. The molecule has 0 aromatic heterocycles. The zero-order valence-electron chi connectivity index (χ0n) is 2.42. The molecular formula is H3GaNdO3-3. The van der Waals surface area contributed by atoms with E-state index in [1.54, 1.807) is 0 Å². The third-order valence-electron chi connectivity index (χ3n) is 0. The van der Waals surface area contributed by atoms with Crippen LogP contribution in [-0.4, -0.2) is 36.2 Å². The molecule has 0 heterocycles. The van der Waals surface area contributed by atoms with Crippen LogP contribution in [0.3, 0.4) is 0 Å². The summed E-state index contributed by atoms with van der Waals surface area (Å²) in [7, 11) is 0. The van der Waals surface area contributed by atoms with Gasteiger partial charge < -0.3 is 16.4 Å². The first-order valence-electron chi connectivity index (χ1n) is 0. The van der Waals surface area contributed by atoms with Gasteiger partial charge in [0.25, 0.3) is 0 Å². The summed E-state index contributed by atoms with van der Waals surface area (Å²) in [6, 6.07) is 0. The summed E-state index contributed by atoms with van der Waals surface area (Å²) < 4.78 is 0. The standard InChI is InChI=1S/Ga.Nd.3H2O/h;;3*1H2/p-3. The van der Waals surface area contributed by atoms with Gasteiger partial charge in [0.1, 0.15) is 0 Å². The Morgan fingerprint density at radius 3 is 0.600 bits per heavy atom. The van der Waals surface area contributed by atoms with Gasteiger partial charge in [-0.25, -0.2) is 0 Å². The Hall–Kier alpha value is 1.87. The maximum atomic E-state index is 0. The Labute approximate surface area is 76.0 Å². The van der Waals surface area contributed by atoms with Crippen molar-refractivity contribution in [2.24, 2.45) is 0 Å². The van der Waals surface area contributed by atoms with E-state index in [9.17, 15) is 0 Å². The van der Waals surface area contributed by atoms with Crippen molar-refractivity contribution in [1.82, 2.24) is 0 Å². The molecule has 0 aliphatic heterocycles. The Morgan fingerprint density at radius 2 is 0.600 bits per heavy atom. The minimum absolute atomic E-state index is 0. The molecule has 0 aromatic rings. The van der Waals surface area contributed by atoms with E-state index in [1.165, 1.54) is 0 Å². The van der Waals surface area contributed by atoms with Gasteiger partial charge in [0.2, 0.25) is 0 Å². The first-order chi connectivity index (χ1) is 0. The van der Waals surface area contributed by atoms with Gasteiger partial charge in [-0.1, -0.05) is 0 Å². The van der Waals surface area contributed by atoms with Crippen molar-refractivity contribution in [2.45, 2.75) is 0 Å². The Bertz CT molecular complexity index is 6.85. The van der Waals surface area contributed by atoms with Crippen LogP contribution < -0.4 is 0 Å². The summed E-state index contributed by atoms with van der Waals surface area (Å²) in [6.45, 7) is 0. The summed E-state index contributed by atoms with van der Waals surface area (Å²) in [4.78, 5) is 0. The fourth-order valence-electron chi connectivity index (χ4n) is 0. The molecule has 0 saturated heterocycles. The third-order valence-corrected chi connectivity index (χ3v) is 0. The molecule has 5 heavy (non-hydrogen) atoms. The Balaban J connectivity index is 0. The summed E-state index contributed by atoms with van der Waals surface area (Å²) >= 11 is 0. The third kappa shape index (κ3) is 25.2. The Morgan fingerprint density at radius 1 is 0.600 bits per heavy atom. The monoisotopic (exact) mass is 262 g/mol. The van der Waals surface area contributed by atoms with Gasteiger partial charge >= 0.3 is 0 Å². The van der Waals surface area contributed by atoms with Gasteiger partial charge in [0, 0.05) is 60.6 Å². The van der Waals surface area contributed by atoms with Gasteiger partial charge in [-0.3, -0.25) is 0 Å². The van der Waals surface area contributed by atoms with E-state index in [2.05, 4.69) is 0 Å². The normalized spacial score (nSPS) is 0. The molecule has 3 N–H and O–H groups in total. The second kappa shape index (κ2) is 39.9. The topological polar surface area (TPSA) is 90.0 Å². The molecule has 3 radical (unpaired) electrons. The van der Waals surface area contributed by atoms with E-state index in [0.717, 1.165) is 0 Å². The van der Waals surface area contributed by atoms with Gasteiger partial charge in [-0.2, -0.15) is 0 Å². The molecule has 5 heteroatoms. The molecule has 0 saturated carbocycles. The van der Waals surface area contributed by atoms with E-state index in [0.29, 0.717) is 0 Å². The summed E-state index contributed by atoms with van der Waals surface area (Å²) in [6.07, 6.45) is 0. The zero-order chi connectivity index (χ0) is 0. The molecule has 0 aliphatic carbocycles. The molecule has 0 spiro atoms. The van der Waals surface area contributed by atoms with Crippen LogP contribution in [0.4, 0.5) is 0 Å². The van der Waals surface area contributed by atoms with E-state index < -0.39 is 0 Å². The molecular weight excluding hydrogens is 262 g/mol. The first-order valence-corrected chi connectivity index (χ1v) is 0. The van der Waals surface area contributed by atoms with Crippen LogP contribution in [0.15, 0.2) is 0 Å². The number of hydrogen-bond acceptors (Lipinski definition) is 3. The average Bonchev–Trinajstić information content (AvgIpc) is 0. The van der Waals surface area contributed by atoms with Gasteiger partial charge in [0.15, 0.2) is 0 Å². The van der Waals surface area contributed by atoms with E-state index >= 15 is 0 Å². The van der Waals surface area contributed by atoms with Gasteiger partial charge in [-0.15, -0.1) is 0 Å². The number of rotatable bonds is 0. The van der Waals surface area contributed by atoms with Crippen LogP contribution in [0.5, 0.6) is 0 Å². The van der Waals surface area contributed by atoms with Crippen molar-refractivity contribution in [3.05, 3.63) is 0 Å². The van der Waals surface area contributed by atoms with Gasteiger partial charge in [0.05, 0.1) is 0 Å². The average molecular weight is 265 g/mol. The molecule has 0 rings (SSSR count). The summed E-state index contributed by atoms with van der Waals surface area (Å²) in [5.74, 6) is 0. The van der Waals surface area contributed by atoms with Crippen LogP contribution in [0.2, 0.25) is 0 Å². The fourth-order valence-corrected chi connectivity index (χ4v) is 0. The largest absolute Gasteiger partial charge is 0.870 e. The maximum absolute atomic E-state index is 0. The van der Waals surface area contributed by atoms with E-state index in [-0.39, 0.29) is 77.1 Å². The van der Waals surface area contributed by atoms with Crippen LogP contribution in [-0.2, 0) is 0 Å². The fraction of sp³-hybridized carbons (Fsp3) is 0. The summed E-state index contributed by atoms with van der Waals surface area (Å²) in [5, 5.41) is 0. The second-order valence-electron chi connectivity index (χ2n) is 0. The van der Waals surface area contributed by atoms with E-state index in [4.69, 9.17) is 0 Å². The van der Waals surface area contributed by atoms with E-state index in [1.807, 2.05) is 0 Å². The predicted octanol–water partition coefficient (Wildman–Crippen LogP) is -0.911. The van der Waals surface area contributed by atoms with Crippen molar-refractivity contribution in [1.29, 1.82) is 0 Å². The Kier molecular flexibility index (Phi) is 541. The first kappa shape index (κ1) is 67.8. The quantitative estimate of drug-likeness (QED) is 0.531.